The van der Waals surface area contributed by atoms with E-state index in [4.69, 9.17) is 5.11 Å². The van der Waals surface area contributed by atoms with Crippen LogP contribution >= 0.6 is 0 Å². The molecule has 0 bridgehead atoms. The molecule has 0 atom stereocenters. The Bertz CT molecular complexity index is 473. The van der Waals surface area contributed by atoms with E-state index in [0.29, 0.717) is 19.0 Å². The predicted octanol–water partition coefficient (Wildman–Crippen LogP) is 3.01. The maximum Gasteiger partial charge on any atom is 0.337 e. The highest BCUT2D eigenvalue weighted by molar-refractivity contribution is 5.94. The molecule has 1 saturated heterocycles. The molecule has 4 heteroatoms. The van der Waals surface area contributed by atoms with Crippen LogP contribution in [0.3, 0.4) is 0 Å². The van der Waals surface area contributed by atoms with Gasteiger partial charge in [-0.15, -0.1) is 0 Å². The summed E-state index contributed by atoms with van der Waals surface area (Å²) in [6, 6.07) is 4.20. The number of carboxylic acid groups (broad SMARTS) is 1. The van der Waals surface area contributed by atoms with Gasteiger partial charge in [0, 0.05) is 13.1 Å². The van der Waals surface area contributed by atoms with Gasteiger partial charge in [0.05, 0.1) is 11.3 Å². The van der Waals surface area contributed by atoms with Gasteiger partial charge < -0.3 is 10.0 Å². The number of para-hydroxylation sites is 1. The van der Waals surface area contributed by atoms with Crippen molar-refractivity contribution in [2.45, 2.75) is 20.8 Å². The second kappa shape index (κ2) is 4.26. The molecule has 1 aliphatic heterocycles. The quantitative estimate of drug-likeness (QED) is 0.878. The zero-order valence-corrected chi connectivity index (χ0v) is 10.9. The van der Waals surface area contributed by atoms with Gasteiger partial charge in [0.15, 0.2) is 0 Å². The zero-order chi connectivity index (χ0) is 13.5. The summed E-state index contributed by atoms with van der Waals surface area (Å²) in [5.74, 6) is -1.07. The Morgan fingerprint density at radius 2 is 2.00 bits per heavy atom. The molecule has 0 radical (unpaired) electrons. The third-order valence-electron chi connectivity index (χ3n) is 3.64. The van der Waals surface area contributed by atoms with Crippen LogP contribution in [0.25, 0.3) is 0 Å². The number of anilines is 1. The van der Waals surface area contributed by atoms with Crippen molar-refractivity contribution >= 4 is 11.7 Å². The molecule has 0 unspecified atom stereocenters. The minimum Gasteiger partial charge on any atom is -0.478 e. The molecule has 1 aliphatic rings. The highest BCUT2D eigenvalue weighted by atomic mass is 19.1. The molecule has 18 heavy (non-hydrogen) atoms. The van der Waals surface area contributed by atoms with Gasteiger partial charge in [-0.2, -0.15) is 0 Å². The average molecular weight is 251 g/mol. The maximum absolute atomic E-state index is 13.8. The molecular formula is C14H18FNO2. The molecule has 1 aromatic carbocycles. The second-order valence-corrected chi connectivity index (χ2v) is 5.91. The molecule has 1 aromatic rings. The van der Waals surface area contributed by atoms with E-state index in [1.807, 2.05) is 4.90 Å². The number of hydrogen-bond acceptors (Lipinski definition) is 2. The van der Waals surface area contributed by atoms with Crippen molar-refractivity contribution in [1.82, 2.24) is 0 Å². The first kappa shape index (κ1) is 12.9. The molecule has 1 heterocycles. The van der Waals surface area contributed by atoms with Crippen LogP contribution in [0.15, 0.2) is 18.2 Å². The number of benzene rings is 1. The summed E-state index contributed by atoms with van der Waals surface area (Å²) >= 11 is 0. The molecule has 98 valence electrons. The highest BCUT2D eigenvalue weighted by Gasteiger charge is 2.38. The summed E-state index contributed by atoms with van der Waals surface area (Å²) < 4.78 is 13.8. The smallest absolute Gasteiger partial charge is 0.337 e. The third-order valence-corrected chi connectivity index (χ3v) is 3.64. The van der Waals surface area contributed by atoms with Gasteiger partial charge in [0.1, 0.15) is 5.82 Å². The van der Waals surface area contributed by atoms with Crippen LogP contribution in [0.4, 0.5) is 10.1 Å². The Balaban J connectivity index is 2.24. The molecule has 0 aliphatic carbocycles. The van der Waals surface area contributed by atoms with Crippen LogP contribution in [0.1, 0.15) is 31.1 Å². The molecule has 0 saturated carbocycles. The van der Waals surface area contributed by atoms with E-state index in [1.165, 1.54) is 18.2 Å². The Morgan fingerprint density at radius 1 is 1.39 bits per heavy atom. The van der Waals surface area contributed by atoms with Gasteiger partial charge in [-0.3, -0.25) is 0 Å². The van der Waals surface area contributed by atoms with Crippen LogP contribution in [0, 0.1) is 17.2 Å². The van der Waals surface area contributed by atoms with Crippen molar-refractivity contribution in [1.29, 1.82) is 0 Å². The number of carbonyl (C=O) groups is 1. The largest absolute Gasteiger partial charge is 0.478 e. The lowest BCUT2D eigenvalue weighted by Gasteiger charge is -2.48. The summed E-state index contributed by atoms with van der Waals surface area (Å²) in [6.45, 7) is 7.87. The van der Waals surface area contributed by atoms with E-state index < -0.39 is 11.8 Å². The van der Waals surface area contributed by atoms with Crippen molar-refractivity contribution < 1.29 is 14.3 Å². The van der Waals surface area contributed by atoms with E-state index in [9.17, 15) is 9.18 Å². The molecule has 1 N–H and O–H groups in total. The van der Waals surface area contributed by atoms with Crippen molar-refractivity contribution in [2.24, 2.45) is 11.3 Å². The van der Waals surface area contributed by atoms with Crippen LogP contribution in [-0.4, -0.2) is 24.2 Å². The first-order chi connectivity index (χ1) is 8.30. The molecule has 0 amide bonds. The minimum absolute atomic E-state index is 0.0439. The normalized spacial score (nSPS) is 16.6. The molecule has 0 aromatic heterocycles. The standard InChI is InChI=1S/C14H18FNO2/c1-14(2,3)9-7-16(8-9)12-10(13(17)18)5-4-6-11(12)15/h4-6,9H,7-8H2,1-3H3,(H,17,18). The van der Waals surface area contributed by atoms with E-state index in [2.05, 4.69) is 20.8 Å². The Hall–Kier alpha value is -1.58. The number of aromatic carboxylic acids is 1. The van der Waals surface area contributed by atoms with E-state index >= 15 is 0 Å². The topological polar surface area (TPSA) is 40.5 Å². The minimum atomic E-state index is -1.08. The molecular weight excluding hydrogens is 233 g/mol. The van der Waals surface area contributed by atoms with Crippen molar-refractivity contribution in [3.8, 4) is 0 Å². The number of nitrogens with zero attached hydrogens (tertiary/aromatic N) is 1. The summed E-state index contributed by atoms with van der Waals surface area (Å²) in [5.41, 5.74) is 0.443. The van der Waals surface area contributed by atoms with Crippen molar-refractivity contribution in [2.75, 3.05) is 18.0 Å². The zero-order valence-electron chi connectivity index (χ0n) is 10.9. The van der Waals surface area contributed by atoms with Crippen LogP contribution in [0.2, 0.25) is 0 Å². The first-order valence-corrected chi connectivity index (χ1v) is 6.07. The van der Waals surface area contributed by atoms with Crippen molar-refractivity contribution in [3.05, 3.63) is 29.6 Å². The molecule has 2 rings (SSSR count). The van der Waals surface area contributed by atoms with Crippen LogP contribution in [0.5, 0.6) is 0 Å². The number of carboxylic acids is 1. The van der Waals surface area contributed by atoms with Gasteiger partial charge in [0.2, 0.25) is 0 Å². The van der Waals surface area contributed by atoms with E-state index in [-0.39, 0.29) is 16.7 Å². The first-order valence-electron chi connectivity index (χ1n) is 6.07. The van der Waals surface area contributed by atoms with Crippen LogP contribution < -0.4 is 4.90 Å². The second-order valence-electron chi connectivity index (χ2n) is 5.91. The highest BCUT2D eigenvalue weighted by Crippen LogP contribution is 2.38. The Kier molecular flexibility index (Phi) is 3.05. The van der Waals surface area contributed by atoms with Crippen molar-refractivity contribution in [3.63, 3.8) is 0 Å². The lowest BCUT2D eigenvalue weighted by Crippen LogP contribution is -2.53. The lowest BCUT2D eigenvalue weighted by molar-refractivity contribution is 0.0696. The van der Waals surface area contributed by atoms with Gasteiger partial charge in [-0.1, -0.05) is 26.8 Å². The predicted molar refractivity (Wildman–Crippen MR) is 68.5 cm³/mol. The van der Waals surface area contributed by atoms with Crippen LogP contribution in [-0.2, 0) is 0 Å². The fourth-order valence-corrected chi connectivity index (χ4v) is 2.22. The third kappa shape index (κ3) is 2.19. The summed E-state index contributed by atoms with van der Waals surface area (Å²) in [7, 11) is 0. The fourth-order valence-electron chi connectivity index (χ4n) is 2.22. The average Bonchev–Trinajstić information content (AvgIpc) is 2.15. The Labute approximate surface area is 106 Å². The SMILES string of the molecule is CC(C)(C)C1CN(c2c(F)cccc2C(=O)O)C1. The van der Waals surface area contributed by atoms with Gasteiger partial charge >= 0.3 is 5.97 Å². The van der Waals surface area contributed by atoms with Gasteiger partial charge in [-0.05, 0) is 23.5 Å². The van der Waals surface area contributed by atoms with E-state index in [1.54, 1.807) is 0 Å². The fraction of sp³-hybridized carbons (Fsp3) is 0.500. The monoisotopic (exact) mass is 251 g/mol. The summed E-state index contributed by atoms with van der Waals surface area (Å²) in [4.78, 5) is 12.9. The maximum atomic E-state index is 13.8. The summed E-state index contributed by atoms with van der Waals surface area (Å²) in [6.07, 6.45) is 0. The number of rotatable bonds is 2. The molecule has 0 spiro atoms. The van der Waals surface area contributed by atoms with Gasteiger partial charge in [-0.25, -0.2) is 9.18 Å². The summed E-state index contributed by atoms with van der Waals surface area (Å²) in [5, 5.41) is 9.09. The molecule has 3 nitrogen and oxygen atoms in total. The molecule has 1 fully saturated rings. The lowest BCUT2D eigenvalue weighted by atomic mass is 9.75. The number of halogens is 1. The number of hydrogen-bond donors (Lipinski definition) is 1. The van der Waals surface area contributed by atoms with Gasteiger partial charge in [0.25, 0.3) is 0 Å². The van der Waals surface area contributed by atoms with E-state index in [0.717, 1.165) is 0 Å². The Morgan fingerprint density at radius 3 is 2.50 bits per heavy atom.